The van der Waals surface area contributed by atoms with Gasteiger partial charge in [-0.05, 0) is 32.4 Å². The maximum Gasteiger partial charge on any atom is 0.218 e. The zero-order valence-corrected chi connectivity index (χ0v) is 12.8. The molecular formula is C15H25FN2O2. The number of nitrogens with zero attached hydrogens (tertiary/aromatic N) is 1. The van der Waals surface area contributed by atoms with Gasteiger partial charge in [-0.15, -0.1) is 0 Å². The fourth-order valence-corrected chi connectivity index (χ4v) is 1.71. The van der Waals surface area contributed by atoms with Gasteiger partial charge in [0, 0.05) is 18.7 Å². The van der Waals surface area contributed by atoms with Crippen LogP contribution in [0, 0.1) is 11.7 Å². The lowest BCUT2D eigenvalue weighted by Crippen LogP contribution is -2.23. The lowest BCUT2D eigenvalue weighted by Gasteiger charge is -2.17. The van der Waals surface area contributed by atoms with E-state index in [9.17, 15) is 4.39 Å². The minimum Gasteiger partial charge on any atom is -0.472 e. The van der Waals surface area contributed by atoms with Crippen LogP contribution in [-0.4, -0.2) is 30.8 Å². The summed E-state index contributed by atoms with van der Waals surface area (Å²) in [5, 5.41) is 3.27. The minimum absolute atomic E-state index is 0.114. The number of halogens is 1. The Morgan fingerprint density at radius 3 is 2.75 bits per heavy atom. The Labute approximate surface area is 120 Å². The van der Waals surface area contributed by atoms with E-state index in [0.29, 0.717) is 31.6 Å². The van der Waals surface area contributed by atoms with Gasteiger partial charge in [0.05, 0.1) is 12.8 Å². The molecule has 20 heavy (non-hydrogen) atoms. The smallest absolute Gasteiger partial charge is 0.218 e. The molecule has 0 aliphatic heterocycles. The topological polar surface area (TPSA) is 43.4 Å². The molecule has 0 spiro atoms. The van der Waals surface area contributed by atoms with Gasteiger partial charge in [-0.25, -0.2) is 9.37 Å². The zero-order chi connectivity index (χ0) is 15.0. The molecule has 1 aromatic heterocycles. The maximum atomic E-state index is 13.3. The quantitative estimate of drug-likeness (QED) is 0.757. The van der Waals surface area contributed by atoms with E-state index in [1.165, 1.54) is 12.3 Å². The number of aromatic nitrogens is 1. The Morgan fingerprint density at radius 2 is 2.10 bits per heavy atom. The second-order valence-corrected chi connectivity index (χ2v) is 5.23. The highest BCUT2D eigenvalue weighted by Gasteiger charge is 2.11. The molecule has 0 aliphatic carbocycles. The van der Waals surface area contributed by atoms with Crippen molar-refractivity contribution in [3.8, 4) is 5.88 Å². The molecular weight excluding hydrogens is 259 g/mol. The van der Waals surface area contributed by atoms with Crippen LogP contribution in [0.2, 0.25) is 0 Å². The standard InChI is InChI=1S/C15H25FN2O2/c1-5-19-10-12(4)20-15-13(6-14(16)9-18-15)8-17-7-11(2)3/h6,9,11-12,17H,5,7-8,10H2,1-4H3. The van der Waals surface area contributed by atoms with Crippen molar-refractivity contribution in [3.05, 3.63) is 23.6 Å². The first kappa shape index (κ1) is 16.9. The minimum atomic E-state index is -0.351. The third-order valence-corrected chi connectivity index (χ3v) is 2.63. The second kappa shape index (κ2) is 8.87. The summed E-state index contributed by atoms with van der Waals surface area (Å²) in [7, 11) is 0. The van der Waals surface area contributed by atoms with E-state index in [-0.39, 0.29) is 11.9 Å². The van der Waals surface area contributed by atoms with E-state index in [0.717, 1.165) is 12.1 Å². The predicted octanol–water partition coefficient (Wildman–Crippen LogP) is 2.77. The van der Waals surface area contributed by atoms with Crippen LogP contribution in [-0.2, 0) is 11.3 Å². The summed E-state index contributed by atoms with van der Waals surface area (Å²) in [5.41, 5.74) is 0.731. The Morgan fingerprint density at radius 1 is 1.35 bits per heavy atom. The lowest BCUT2D eigenvalue weighted by atomic mass is 10.2. The summed E-state index contributed by atoms with van der Waals surface area (Å²) < 4.78 is 24.3. The van der Waals surface area contributed by atoms with Crippen LogP contribution in [0.15, 0.2) is 12.3 Å². The molecule has 0 fully saturated rings. The number of pyridine rings is 1. The largest absolute Gasteiger partial charge is 0.472 e. The first-order valence-corrected chi connectivity index (χ1v) is 7.12. The van der Waals surface area contributed by atoms with Gasteiger partial charge in [0.2, 0.25) is 5.88 Å². The van der Waals surface area contributed by atoms with Gasteiger partial charge in [-0.3, -0.25) is 0 Å². The van der Waals surface area contributed by atoms with Gasteiger partial charge >= 0.3 is 0 Å². The Kier molecular flexibility index (Phi) is 7.47. The molecule has 1 unspecified atom stereocenters. The first-order valence-electron chi connectivity index (χ1n) is 7.12. The first-order chi connectivity index (χ1) is 9.52. The summed E-state index contributed by atoms with van der Waals surface area (Å²) in [6.45, 7) is 10.6. The fourth-order valence-electron chi connectivity index (χ4n) is 1.71. The normalized spacial score (nSPS) is 12.7. The number of ether oxygens (including phenoxy) is 2. The molecule has 0 bridgehead atoms. The summed E-state index contributed by atoms with van der Waals surface area (Å²) in [5.74, 6) is 0.656. The molecule has 1 rings (SSSR count). The van der Waals surface area contributed by atoms with E-state index in [1.54, 1.807) is 0 Å². The van der Waals surface area contributed by atoms with E-state index < -0.39 is 0 Å². The zero-order valence-electron chi connectivity index (χ0n) is 12.8. The summed E-state index contributed by atoms with van der Waals surface area (Å²) in [4.78, 5) is 4.03. The lowest BCUT2D eigenvalue weighted by molar-refractivity contribution is 0.0626. The third-order valence-electron chi connectivity index (χ3n) is 2.63. The highest BCUT2D eigenvalue weighted by atomic mass is 19.1. The second-order valence-electron chi connectivity index (χ2n) is 5.23. The van der Waals surface area contributed by atoms with Crippen LogP contribution in [0.1, 0.15) is 33.3 Å². The van der Waals surface area contributed by atoms with Gasteiger partial charge < -0.3 is 14.8 Å². The molecule has 1 atom stereocenters. The summed E-state index contributed by atoms with van der Waals surface area (Å²) in [6.07, 6.45) is 1.06. The van der Waals surface area contributed by atoms with Crippen molar-refractivity contribution in [2.45, 2.75) is 40.3 Å². The molecule has 1 N–H and O–H groups in total. The molecule has 0 saturated carbocycles. The van der Waals surface area contributed by atoms with E-state index in [2.05, 4.69) is 24.1 Å². The van der Waals surface area contributed by atoms with Crippen LogP contribution < -0.4 is 10.1 Å². The molecule has 0 saturated heterocycles. The average Bonchev–Trinajstić information content (AvgIpc) is 2.39. The average molecular weight is 284 g/mol. The Bertz CT molecular complexity index is 399. The van der Waals surface area contributed by atoms with Crippen molar-refractivity contribution in [2.24, 2.45) is 5.92 Å². The van der Waals surface area contributed by atoms with Crippen LogP contribution in [0.4, 0.5) is 4.39 Å². The van der Waals surface area contributed by atoms with Crippen LogP contribution in [0.25, 0.3) is 0 Å². The van der Waals surface area contributed by atoms with Crippen LogP contribution >= 0.6 is 0 Å². The molecule has 5 heteroatoms. The maximum absolute atomic E-state index is 13.3. The van der Waals surface area contributed by atoms with Crippen molar-refractivity contribution in [1.29, 1.82) is 0 Å². The van der Waals surface area contributed by atoms with Gasteiger partial charge in [0.25, 0.3) is 0 Å². The van der Waals surface area contributed by atoms with E-state index in [1.807, 2.05) is 13.8 Å². The summed E-state index contributed by atoms with van der Waals surface area (Å²) >= 11 is 0. The number of rotatable bonds is 9. The van der Waals surface area contributed by atoms with Gasteiger partial charge in [-0.2, -0.15) is 0 Å². The SMILES string of the molecule is CCOCC(C)Oc1ncc(F)cc1CNCC(C)C. The predicted molar refractivity (Wildman–Crippen MR) is 77.3 cm³/mol. The molecule has 0 aliphatic rings. The molecule has 0 amide bonds. The van der Waals surface area contributed by atoms with E-state index >= 15 is 0 Å². The molecule has 114 valence electrons. The molecule has 1 heterocycles. The number of hydrogen-bond donors (Lipinski definition) is 1. The van der Waals surface area contributed by atoms with Gasteiger partial charge in [0.1, 0.15) is 11.9 Å². The number of nitrogens with one attached hydrogen (secondary N) is 1. The fraction of sp³-hybridized carbons (Fsp3) is 0.667. The Balaban J connectivity index is 2.64. The monoisotopic (exact) mass is 284 g/mol. The highest BCUT2D eigenvalue weighted by molar-refractivity contribution is 5.26. The van der Waals surface area contributed by atoms with E-state index in [4.69, 9.17) is 9.47 Å². The number of hydrogen-bond acceptors (Lipinski definition) is 4. The van der Waals surface area contributed by atoms with Crippen molar-refractivity contribution in [3.63, 3.8) is 0 Å². The van der Waals surface area contributed by atoms with Gasteiger partial charge in [-0.1, -0.05) is 13.8 Å². The van der Waals surface area contributed by atoms with Gasteiger partial charge in [0.15, 0.2) is 0 Å². The highest BCUT2D eigenvalue weighted by Crippen LogP contribution is 2.17. The van der Waals surface area contributed by atoms with Crippen molar-refractivity contribution in [2.75, 3.05) is 19.8 Å². The summed E-state index contributed by atoms with van der Waals surface area (Å²) in [6, 6.07) is 1.46. The van der Waals surface area contributed by atoms with Crippen LogP contribution in [0.5, 0.6) is 5.88 Å². The third kappa shape index (κ3) is 6.30. The van der Waals surface area contributed by atoms with Crippen molar-refractivity contribution >= 4 is 0 Å². The van der Waals surface area contributed by atoms with Crippen molar-refractivity contribution in [1.82, 2.24) is 10.3 Å². The molecule has 0 radical (unpaired) electrons. The molecule has 4 nitrogen and oxygen atoms in total. The Hall–Kier alpha value is -1.20. The molecule has 0 aromatic carbocycles. The van der Waals surface area contributed by atoms with Crippen molar-refractivity contribution < 1.29 is 13.9 Å². The molecule has 1 aromatic rings. The van der Waals surface area contributed by atoms with Crippen LogP contribution in [0.3, 0.4) is 0 Å².